The molecular weight excluding hydrogens is 120 g/mol. The average molecular weight is 128 g/mol. The topological polar surface area (TPSA) is 32.8 Å². The largest absolute Gasteiger partial charge is 0.477 e. The lowest BCUT2D eigenvalue weighted by Gasteiger charge is -2.21. The van der Waals surface area contributed by atoms with Gasteiger partial charge >= 0.3 is 0 Å². The molecule has 0 spiro atoms. The molecule has 0 saturated heterocycles. The third-order valence-electron chi connectivity index (χ3n) is 1.09. The van der Waals surface area contributed by atoms with Gasteiger partial charge in [0.1, 0.15) is 6.26 Å². The van der Waals surface area contributed by atoms with Gasteiger partial charge in [-0.2, -0.15) is 0 Å². The highest BCUT2D eigenvalue weighted by molar-refractivity contribution is 5.45. The molecule has 50 valence electrons. The minimum atomic E-state index is 0.426. The first-order valence-corrected chi connectivity index (χ1v) is 2.57. The Balaban J connectivity index is 2.42. The summed E-state index contributed by atoms with van der Waals surface area (Å²) < 4.78 is 4.82. The number of hydrogen-bond donors (Lipinski definition) is 0. The van der Waals surface area contributed by atoms with Gasteiger partial charge in [0.15, 0.2) is 6.73 Å². The molecule has 0 bridgehead atoms. The zero-order chi connectivity index (χ0) is 6.69. The van der Waals surface area contributed by atoms with Crippen LogP contribution in [-0.4, -0.2) is 30.2 Å². The highest BCUT2D eigenvalue weighted by Crippen LogP contribution is 2.00. The van der Waals surface area contributed by atoms with Crippen LogP contribution in [0.15, 0.2) is 12.5 Å². The lowest BCUT2D eigenvalue weighted by atomic mass is 10.9. The molecule has 4 nitrogen and oxygen atoms in total. The van der Waals surface area contributed by atoms with Gasteiger partial charge in [-0.15, -0.1) is 0 Å². The van der Waals surface area contributed by atoms with Gasteiger partial charge in [0.2, 0.25) is 6.41 Å². The minimum absolute atomic E-state index is 0.426. The maximum Gasteiger partial charge on any atom is 0.228 e. The zero-order valence-corrected chi connectivity index (χ0v) is 5.15. The number of rotatable bonds is 2. The first kappa shape index (κ1) is 5.94. The summed E-state index contributed by atoms with van der Waals surface area (Å²) in [5.41, 5.74) is 0. The van der Waals surface area contributed by atoms with Crippen LogP contribution >= 0.6 is 0 Å². The molecule has 0 aromatic rings. The van der Waals surface area contributed by atoms with Crippen molar-refractivity contribution in [3.63, 3.8) is 0 Å². The normalized spacial score (nSPS) is 15.4. The molecule has 1 aliphatic rings. The van der Waals surface area contributed by atoms with E-state index in [0.717, 1.165) is 6.41 Å². The van der Waals surface area contributed by atoms with Gasteiger partial charge in [0.25, 0.3) is 0 Å². The van der Waals surface area contributed by atoms with Crippen molar-refractivity contribution in [2.24, 2.45) is 0 Å². The molecule has 1 rings (SSSR count). The second-order valence-corrected chi connectivity index (χ2v) is 1.70. The van der Waals surface area contributed by atoms with Crippen LogP contribution in [0.5, 0.6) is 0 Å². The SMILES string of the molecule is CN(C=O)N1C=COC1. The van der Waals surface area contributed by atoms with Crippen molar-refractivity contribution >= 4 is 6.41 Å². The monoisotopic (exact) mass is 128 g/mol. The predicted octanol–water partition coefficient (Wildman–Crippen LogP) is -0.250. The molecule has 0 aliphatic carbocycles. The molecule has 0 N–H and O–H groups in total. The number of carbonyl (C=O) groups excluding carboxylic acids is 1. The molecule has 0 radical (unpaired) electrons. The van der Waals surface area contributed by atoms with E-state index in [0.29, 0.717) is 6.73 Å². The Morgan fingerprint density at radius 3 is 3.11 bits per heavy atom. The average Bonchev–Trinajstić information content (AvgIpc) is 2.37. The van der Waals surface area contributed by atoms with Gasteiger partial charge in [-0.05, 0) is 0 Å². The molecule has 1 amide bonds. The first-order chi connectivity index (χ1) is 4.34. The van der Waals surface area contributed by atoms with Crippen LogP contribution in [0.3, 0.4) is 0 Å². The van der Waals surface area contributed by atoms with Crippen molar-refractivity contribution in [2.75, 3.05) is 13.8 Å². The van der Waals surface area contributed by atoms with Crippen molar-refractivity contribution in [3.05, 3.63) is 12.5 Å². The van der Waals surface area contributed by atoms with E-state index >= 15 is 0 Å². The van der Waals surface area contributed by atoms with Crippen LogP contribution in [0, 0.1) is 0 Å². The molecule has 0 fully saturated rings. The van der Waals surface area contributed by atoms with Crippen molar-refractivity contribution in [3.8, 4) is 0 Å². The third kappa shape index (κ3) is 1.13. The standard InChI is InChI=1S/C5H8N2O2/c1-6(4-8)7-2-3-9-5-7/h2-4H,5H2,1H3. The first-order valence-electron chi connectivity index (χ1n) is 2.57. The lowest BCUT2D eigenvalue weighted by molar-refractivity contribution is -0.129. The van der Waals surface area contributed by atoms with Crippen molar-refractivity contribution < 1.29 is 9.53 Å². The Kier molecular flexibility index (Phi) is 1.58. The van der Waals surface area contributed by atoms with Crippen LogP contribution in [0.1, 0.15) is 0 Å². The summed E-state index contributed by atoms with van der Waals surface area (Å²) in [7, 11) is 1.66. The number of ether oxygens (including phenoxy) is 1. The van der Waals surface area contributed by atoms with Gasteiger partial charge in [-0.1, -0.05) is 0 Å². The predicted molar refractivity (Wildman–Crippen MR) is 30.8 cm³/mol. The number of amides is 1. The Morgan fingerprint density at radius 2 is 2.67 bits per heavy atom. The summed E-state index contributed by atoms with van der Waals surface area (Å²) in [6.45, 7) is 0.426. The highest BCUT2D eigenvalue weighted by atomic mass is 16.5. The van der Waals surface area contributed by atoms with Crippen LogP contribution in [0.25, 0.3) is 0 Å². The molecule has 1 heterocycles. The van der Waals surface area contributed by atoms with Crippen LogP contribution < -0.4 is 0 Å². The van der Waals surface area contributed by atoms with Gasteiger partial charge in [0.05, 0.1) is 6.20 Å². The third-order valence-corrected chi connectivity index (χ3v) is 1.09. The van der Waals surface area contributed by atoms with E-state index in [-0.39, 0.29) is 0 Å². The maximum absolute atomic E-state index is 10.1. The summed E-state index contributed by atoms with van der Waals surface area (Å²) in [5.74, 6) is 0. The second kappa shape index (κ2) is 2.39. The van der Waals surface area contributed by atoms with E-state index in [1.54, 1.807) is 24.5 Å². The molecule has 1 aliphatic heterocycles. The fourth-order valence-electron chi connectivity index (χ4n) is 0.532. The molecule has 0 unspecified atom stereocenters. The summed E-state index contributed by atoms with van der Waals surface area (Å²) >= 11 is 0. The van der Waals surface area contributed by atoms with Gasteiger partial charge in [0, 0.05) is 7.05 Å². The number of carbonyl (C=O) groups is 1. The summed E-state index contributed by atoms with van der Waals surface area (Å²) in [6, 6.07) is 0. The van der Waals surface area contributed by atoms with Gasteiger partial charge in [-0.3, -0.25) is 14.8 Å². The Hall–Kier alpha value is -1.19. The fourth-order valence-corrected chi connectivity index (χ4v) is 0.532. The smallest absolute Gasteiger partial charge is 0.228 e. The molecule has 9 heavy (non-hydrogen) atoms. The summed E-state index contributed by atoms with van der Waals surface area (Å²) in [6.07, 6.45) is 3.95. The zero-order valence-electron chi connectivity index (χ0n) is 5.15. The number of nitrogens with zero attached hydrogens (tertiary/aromatic N) is 2. The van der Waals surface area contributed by atoms with Gasteiger partial charge in [-0.25, -0.2) is 0 Å². The number of hydrazine groups is 1. The van der Waals surface area contributed by atoms with E-state index < -0.39 is 0 Å². The molecule has 0 atom stereocenters. The quantitative estimate of drug-likeness (QED) is 0.481. The Morgan fingerprint density at radius 1 is 1.89 bits per heavy atom. The molecule has 0 aromatic heterocycles. The lowest BCUT2D eigenvalue weighted by Crippen LogP contribution is -2.33. The van der Waals surface area contributed by atoms with E-state index in [4.69, 9.17) is 4.74 Å². The Bertz CT molecular complexity index is 135. The van der Waals surface area contributed by atoms with E-state index in [9.17, 15) is 4.79 Å². The van der Waals surface area contributed by atoms with Crippen molar-refractivity contribution in [2.45, 2.75) is 0 Å². The minimum Gasteiger partial charge on any atom is -0.477 e. The molecule has 0 aromatic carbocycles. The van der Waals surface area contributed by atoms with E-state index in [1.807, 2.05) is 0 Å². The van der Waals surface area contributed by atoms with Gasteiger partial charge < -0.3 is 4.74 Å². The summed E-state index contributed by atoms with van der Waals surface area (Å²) in [5, 5.41) is 3.05. The van der Waals surface area contributed by atoms with E-state index in [1.165, 1.54) is 5.01 Å². The highest BCUT2D eigenvalue weighted by Gasteiger charge is 2.07. The van der Waals surface area contributed by atoms with Crippen molar-refractivity contribution in [1.82, 2.24) is 10.0 Å². The maximum atomic E-state index is 10.1. The van der Waals surface area contributed by atoms with Crippen LogP contribution in [0.2, 0.25) is 0 Å². The molecule has 4 heteroatoms. The van der Waals surface area contributed by atoms with Crippen LogP contribution in [0.4, 0.5) is 0 Å². The molecular formula is C5H8N2O2. The molecule has 0 saturated carbocycles. The van der Waals surface area contributed by atoms with E-state index in [2.05, 4.69) is 0 Å². The Labute approximate surface area is 53.3 Å². The van der Waals surface area contributed by atoms with Crippen molar-refractivity contribution in [1.29, 1.82) is 0 Å². The van der Waals surface area contributed by atoms with Crippen LogP contribution in [-0.2, 0) is 9.53 Å². The second-order valence-electron chi connectivity index (χ2n) is 1.70. The number of hydrogen-bond acceptors (Lipinski definition) is 3. The summed E-state index contributed by atoms with van der Waals surface area (Å²) in [4.78, 5) is 10.1. The fraction of sp³-hybridized carbons (Fsp3) is 0.400.